The van der Waals surface area contributed by atoms with Gasteiger partial charge in [-0.05, 0) is 51.0 Å². The average molecular weight is 310 g/mol. The zero-order valence-corrected chi connectivity index (χ0v) is 13.1. The Morgan fingerprint density at radius 3 is 2.81 bits per heavy atom. The van der Waals surface area contributed by atoms with Crippen LogP contribution in [0.15, 0.2) is 18.2 Å². The van der Waals surface area contributed by atoms with E-state index in [-0.39, 0.29) is 11.9 Å². The van der Waals surface area contributed by atoms with Crippen LogP contribution in [-0.4, -0.2) is 22.7 Å². The van der Waals surface area contributed by atoms with E-state index in [1.807, 2.05) is 0 Å². The van der Waals surface area contributed by atoms with Crippen LogP contribution in [-0.2, 0) is 11.2 Å². The van der Waals surface area contributed by atoms with Crippen molar-refractivity contribution in [2.75, 3.05) is 5.32 Å². The van der Waals surface area contributed by atoms with E-state index in [9.17, 15) is 9.18 Å². The Kier molecular flexibility index (Phi) is 4.46. The predicted octanol–water partition coefficient (Wildman–Crippen LogP) is 3.40. The first-order valence-electron chi connectivity index (χ1n) is 6.81. The summed E-state index contributed by atoms with van der Waals surface area (Å²) in [6.45, 7) is 5.41. The topological polar surface area (TPSA) is 50.4 Å². The molecule has 0 saturated heterocycles. The SMILES string of the molecule is CC(C)(C)OC(=O)NC1CC(=S)Nc2ccc(F)cc2C1. The Hall–Kier alpha value is -1.69. The largest absolute Gasteiger partial charge is 0.444 e. The minimum Gasteiger partial charge on any atom is -0.444 e. The van der Waals surface area contributed by atoms with Crippen LogP contribution in [0.2, 0.25) is 0 Å². The van der Waals surface area contributed by atoms with Crippen molar-refractivity contribution in [2.24, 2.45) is 0 Å². The molecule has 2 N–H and O–H groups in total. The fraction of sp³-hybridized carbons (Fsp3) is 0.467. The zero-order valence-electron chi connectivity index (χ0n) is 12.3. The monoisotopic (exact) mass is 310 g/mol. The fourth-order valence-corrected chi connectivity index (χ4v) is 2.50. The summed E-state index contributed by atoms with van der Waals surface area (Å²) in [7, 11) is 0. The van der Waals surface area contributed by atoms with Crippen LogP contribution in [0.3, 0.4) is 0 Å². The number of ether oxygens (including phenoxy) is 1. The summed E-state index contributed by atoms with van der Waals surface area (Å²) in [5, 5.41) is 5.87. The van der Waals surface area contributed by atoms with Gasteiger partial charge in [0, 0.05) is 18.2 Å². The van der Waals surface area contributed by atoms with E-state index in [2.05, 4.69) is 10.6 Å². The number of thiocarbonyl (C=S) groups is 1. The number of fused-ring (bicyclic) bond motifs is 1. The van der Waals surface area contributed by atoms with Crippen molar-refractivity contribution in [3.05, 3.63) is 29.6 Å². The molecule has 114 valence electrons. The highest BCUT2D eigenvalue weighted by Crippen LogP contribution is 2.23. The van der Waals surface area contributed by atoms with Gasteiger partial charge in [0.2, 0.25) is 0 Å². The lowest BCUT2D eigenvalue weighted by Gasteiger charge is -2.23. The number of alkyl carbamates (subject to hydrolysis) is 1. The molecule has 1 heterocycles. The summed E-state index contributed by atoms with van der Waals surface area (Å²) in [5.41, 5.74) is 1.02. The molecule has 0 aliphatic carbocycles. The average Bonchev–Trinajstić information content (AvgIpc) is 2.43. The van der Waals surface area contributed by atoms with E-state index in [0.717, 1.165) is 11.3 Å². The first-order valence-corrected chi connectivity index (χ1v) is 7.21. The van der Waals surface area contributed by atoms with Gasteiger partial charge in [0.25, 0.3) is 0 Å². The second kappa shape index (κ2) is 5.97. The third-order valence-electron chi connectivity index (χ3n) is 2.96. The third-order valence-corrected chi connectivity index (χ3v) is 3.23. The molecule has 1 atom stereocenters. The molecule has 0 bridgehead atoms. The van der Waals surface area contributed by atoms with Crippen molar-refractivity contribution in [1.82, 2.24) is 5.32 Å². The van der Waals surface area contributed by atoms with E-state index < -0.39 is 11.7 Å². The molecule has 4 nitrogen and oxygen atoms in total. The summed E-state index contributed by atoms with van der Waals surface area (Å²) in [5.74, 6) is -0.306. The molecule has 2 rings (SSSR count). The summed E-state index contributed by atoms with van der Waals surface area (Å²) in [6.07, 6.45) is 0.500. The molecular weight excluding hydrogens is 291 g/mol. The maximum Gasteiger partial charge on any atom is 0.407 e. The highest BCUT2D eigenvalue weighted by molar-refractivity contribution is 7.80. The van der Waals surface area contributed by atoms with Crippen molar-refractivity contribution in [1.29, 1.82) is 0 Å². The molecule has 0 spiro atoms. The van der Waals surface area contributed by atoms with E-state index in [4.69, 9.17) is 17.0 Å². The highest BCUT2D eigenvalue weighted by Gasteiger charge is 2.24. The molecule has 1 aromatic carbocycles. The lowest BCUT2D eigenvalue weighted by Crippen LogP contribution is -2.41. The number of hydrogen-bond acceptors (Lipinski definition) is 3. The van der Waals surface area contributed by atoms with Crippen LogP contribution in [0.5, 0.6) is 0 Å². The molecule has 1 aromatic rings. The normalized spacial score (nSPS) is 18.3. The highest BCUT2D eigenvalue weighted by atomic mass is 32.1. The molecular formula is C15H19FN2O2S. The molecule has 21 heavy (non-hydrogen) atoms. The number of amides is 1. The maximum atomic E-state index is 13.4. The Morgan fingerprint density at radius 1 is 1.43 bits per heavy atom. The number of carbonyl (C=O) groups excluding carboxylic acids is 1. The van der Waals surface area contributed by atoms with Crippen molar-refractivity contribution in [2.45, 2.75) is 45.3 Å². The Bertz CT molecular complexity index is 569. The number of nitrogens with one attached hydrogen (secondary N) is 2. The predicted molar refractivity (Wildman–Crippen MR) is 84.1 cm³/mol. The van der Waals surface area contributed by atoms with Gasteiger partial charge in [0.1, 0.15) is 11.4 Å². The van der Waals surface area contributed by atoms with Gasteiger partial charge in [-0.25, -0.2) is 9.18 Å². The molecule has 0 radical (unpaired) electrons. The summed E-state index contributed by atoms with van der Waals surface area (Å²) in [6, 6.07) is 4.28. The van der Waals surface area contributed by atoms with Gasteiger partial charge in [-0.3, -0.25) is 0 Å². The smallest absolute Gasteiger partial charge is 0.407 e. The first-order chi connectivity index (χ1) is 9.73. The number of benzene rings is 1. The first kappa shape index (κ1) is 15.7. The number of anilines is 1. The number of hydrogen-bond donors (Lipinski definition) is 2. The van der Waals surface area contributed by atoms with Gasteiger partial charge in [-0.15, -0.1) is 0 Å². The van der Waals surface area contributed by atoms with Crippen LogP contribution in [0.4, 0.5) is 14.9 Å². The standard InChI is InChI=1S/C15H19FN2O2S/c1-15(2,3)20-14(19)17-11-7-9-6-10(16)4-5-12(9)18-13(21)8-11/h4-6,11H,7-8H2,1-3H3,(H,17,19)(H,18,21). The number of carbonyl (C=O) groups is 1. The van der Waals surface area contributed by atoms with Crippen LogP contribution < -0.4 is 10.6 Å². The van der Waals surface area contributed by atoms with Gasteiger partial charge >= 0.3 is 6.09 Å². The molecule has 0 fully saturated rings. The molecule has 0 aromatic heterocycles. The third kappa shape index (κ3) is 4.67. The summed E-state index contributed by atoms with van der Waals surface area (Å²) in [4.78, 5) is 12.5. The quantitative estimate of drug-likeness (QED) is 0.781. The van der Waals surface area contributed by atoms with Crippen molar-refractivity contribution in [3.8, 4) is 0 Å². The van der Waals surface area contributed by atoms with E-state index in [0.29, 0.717) is 17.8 Å². The van der Waals surface area contributed by atoms with E-state index >= 15 is 0 Å². The van der Waals surface area contributed by atoms with Crippen LogP contribution in [0.25, 0.3) is 0 Å². The molecule has 1 aliphatic heterocycles. The molecule has 1 amide bonds. The van der Waals surface area contributed by atoms with Crippen LogP contribution in [0, 0.1) is 5.82 Å². The molecule has 1 aliphatic rings. The van der Waals surface area contributed by atoms with Crippen LogP contribution >= 0.6 is 12.2 Å². The minimum absolute atomic E-state index is 0.220. The number of rotatable bonds is 1. The van der Waals surface area contributed by atoms with E-state index in [1.54, 1.807) is 26.8 Å². The van der Waals surface area contributed by atoms with Gasteiger partial charge in [0.05, 0.1) is 4.99 Å². The second-order valence-electron chi connectivity index (χ2n) is 6.10. The molecule has 1 unspecified atom stereocenters. The van der Waals surface area contributed by atoms with Crippen molar-refractivity contribution < 1.29 is 13.9 Å². The lowest BCUT2D eigenvalue weighted by molar-refractivity contribution is 0.0506. The molecule has 0 saturated carbocycles. The Morgan fingerprint density at radius 2 is 2.14 bits per heavy atom. The van der Waals surface area contributed by atoms with Gasteiger partial charge in [-0.2, -0.15) is 0 Å². The van der Waals surface area contributed by atoms with Gasteiger partial charge in [-0.1, -0.05) is 12.2 Å². The zero-order chi connectivity index (χ0) is 15.6. The minimum atomic E-state index is -0.558. The van der Waals surface area contributed by atoms with Crippen molar-refractivity contribution >= 4 is 29.0 Å². The molecule has 6 heteroatoms. The Balaban J connectivity index is 2.11. The second-order valence-corrected chi connectivity index (χ2v) is 6.59. The van der Waals surface area contributed by atoms with Crippen LogP contribution in [0.1, 0.15) is 32.8 Å². The summed E-state index contributed by atoms with van der Waals surface area (Å²) >= 11 is 5.24. The Labute approximate surface area is 129 Å². The fourth-order valence-electron chi connectivity index (χ4n) is 2.19. The van der Waals surface area contributed by atoms with Gasteiger partial charge in [0.15, 0.2) is 0 Å². The van der Waals surface area contributed by atoms with E-state index in [1.165, 1.54) is 12.1 Å². The maximum absolute atomic E-state index is 13.4. The number of halogens is 1. The van der Waals surface area contributed by atoms with Crippen molar-refractivity contribution in [3.63, 3.8) is 0 Å². The summed E-state index contributed by atoms with van der Waals surface area (Å²) < 4.78 is 18.6. The lowest BCUT2D eigenvalue weighted by atomic mass is 10.0. The van der Waals surface area contributed by atoms with Gasteiger partial charge < -0.3 is 15.4 Å².